The van der Waals surface area contributed by atoms with Gasteiger partial charge in [-0.1, -0.05) is 0 Å². The number of pyridine rings is 1. The molecule has 1 saturated heterocycles. The molecule has 0 amide bonds. The first kappa shape index (κ1) is 12.6. The Labute approximate surface area is 107 Å². The van der Waals surface area contributed by atoms with E-state index >= 15 is 0 Å². The van der Waals surface area contributed by atoms with Crippen molar-refractivity contribution < 1.29 is 14.5 Å². The fourth-order valence-electron chi connectivity index (χ4n) is 1.45. The Kier molecular flexibility index (Phi) is 3.66. The lowest BCUT2D eigenvalue weighted by Crippen LogP contribution is -2.33. The van der Waals surface area contributed by atoms with Crippen molar-refractivity contribution in [3.05, 3.63) is 27.9 Å². The minimum atomic E-state index is -0.642. The van der Waals surface area contributed by atoms with Crippen LogP contribution < -0.4 is 5.32 Å². The van der Waals surface area contributed by atoms with Crippen LogP contribution in [-0.4, -0.2) is 40.5 Å². The molecule has 1 aromatic rings. The molecule has 0 unspecified atom stereocenters. The standard InChI is InChI=1S/C10H11N3O4S/c1-17-10(14)6-2-8(13(15)16)9(11-3-6)12-7-4-18-5-7/h2-3,7H,4-5H2,1H3,(H,11,12). The molecule has 96 valence electrons. The molecule has 2 rings (SSSR count). The van der Waals surface area contributed by atoms with Crippen molar-refractivity contribution in [3.63, 3.8) is 0 Å². The number of esters is 1. The average molecular weight is 269 g/mol. The maximum atomic E-state index is 11.3. The van der Waals surface area contributed by atoms with Crippen molar-refractivity contribution in [2.24, 2.45) is 0 Å². The highest BCUT2D eigenvalue weighted by Gasteiger charge is 2.24. The number of hydrogen-bond acceptors (Lipinski definition) is 7. The Hall–Kier alpha value is -1.83. The van der Waals surface area contributed by atoms with E-state index in [9.17, 15) is 14.9 Å². The summed E-state index contributed by atoms with van der Waals surface area (Å²) in [5.74, 6) is 1.35. The Morgan fingerprint density at radius 2 is 2.39 bits per heavy atom. The first-order valence-electron chi connectivity index (χ1n) is 5.19. The van der Waals surface area contributed by atoms with Crippen molar-refractivity contribution in [1.82, 2.24) is 4.98 Å². The second kappa shape index (κ2) is 5.21. The molecule has 1 aliphatic rings. The zero-order chi connectivity index (χ0) is 13.1. The highest BCUT2D eigenvalue weighted by molar-refractivity contribution is 8.00. The summed E-state index contributed by atoms with van der Waals surface area (Å²) < 4.78 is 4.50. The van der Waals surface area contributed by atoms with Crippen LogP contribution >= 0.6 is 11.8 Å². The van der Waals surface area contributed by atoms with Crippen molar-refractivity contribution in [2.45, 2.75) is 6.04 Å². The van der Waals surface area contributed by atoms with Gasteiger partial charge in [-0.2, -0.15) is 11.8 Å². The number of aromatic nitrogens is 1. The molecule has 1 aromatic heterocycles. The highest BCUT2D eigenvalue weighted by atomic mass is 32.2. The fraction of sp³-hybridized carbons (Fsp3) is 0.400. The van der Waals surface area contributed by atoms with E-state index in [1.165, 1.54) is 19.4 Å². The number of ether oxygens (including phenoxy) is 1. The average Bonchev–Trinajstić information content (AvgIpc) is 2.32. The van der Waals surface area contributed by atoms with Crippen LogP contribution in [0.3, 0.4) is 0 Å². The molecule has 0 spiro atoms. The first-order valence-corrected chi connectivity index (χ1v) is 6.34. The number of hydrogen-bond donors (Lipinski definition) is 1. The van der Waals surface area contributed by atoms with Crippen molar-refractivity contribution in [2.75, 3.05) is 23.9 Å². The Morgan fingerprint density at radius 1 is 1.67 bits per heavy atom. The van der Waals surface area contributed by atoms with Gasteiger partial charge in [0.2, 0.25) is 5.82 Å². The van der Waals surface area contributed by atoms with E-state index in [1.807, 2.05) is 0 Å². The van der Waals surface area contributed by atoms with Crippen molar-refractivity contribution >= 4 is 29.2 Å². The molecule has 1 aliphatic heterocycles. The van der Waals surface area contributed by atoms with Gasteiger partial charge < -0.3 is 10.1 Å². The van der Waals surface area contributed by atoms with Gasteiger partial charge in [0.25, 0.3) is 0 Å². The van der Waals surface area contributed by atoms with Crippen molar-refractivity contribution in [3.8, 4) is 0 Å². The molecular weight excluding hydrogens is 258 g/mol. The summed E-state index contributed by atoms with van der Waals surface area (Å²) in [7, 11) is 1.21. The van der Waals surface area contributed by atoms with Crippen LogP contribution in [0.25, 0.3) is 0 Å². The second-order valence-corrected chi connectivity index (χ2v) is 4.79. The topological polar surface area (TPSA) is 94.4 Å². The van der Waals surface area contributed by atoms with Crippen molar-refractivity contribution in [1.29, 1.82) is 0 Å². The predicted octanol–water partition coefficient (Wildman–Crippen LogP) is 1.30. The molecule has 0 aromatic carbocycles. The summed E-state index contributed by atoms with van der Waals surface area (Å²) in [5, 5.41) is 13.9. The lowest BCUT2D eigenvalue weighted by atomic mass is 10.2. The van der Waals surface area contributed by atoms with E-state index in [1.54, 1.807) is 11.8 Å². The number of thioether (sulfide) groups is 1. The minimum Gasteiger partial charge on any atom is -0.465 e. The molecule has 2 heterocycles. The number of carbonyl (C=O) groups is 1. The van der Waals surface area contributed by atoms with E-state index < -0.39 is 10.9 Å². The van der Waals surface area contributed by atoms with Gasteiger partial charge in [0.05, 0.1) is 17.6 Å². The van der Waals surface area contributed by atoms with Crippen LogP contribution in [0.4, 0.5) is 11.5 Å². The summed E-state index contributed by atoms with van der Waals surface area (Å²) in [4.78, 5) is 25.6. The maximum absolute atomic E-state index is 11.3. The van der Waals surface area contributed by atoms with Gasteiger partial charge in [0, 0.05) is 29.8 Å². The Balaban J connectivity index is 2.28. The third-order valence-electron chi connectivity index (χ3n) is 2.46. The molecule has 8 heteroatoms. The van der Waals surface area contributed by atoms with Gasteiger partial charge in [0.15, 0.2) is 0 Å². The van der Waals surface area contributed by atoms with Gasteiger partial charge >= 0.3 is 11.7 Å². The number of nitrogens with one attached hydrogen (secondary N) is 1. The molecule has 0 aliphatic carbocycles. The van der Waals surface area contributed by atoms with Gasteiger partial charge in [-0.05, 0) is 0 Å². The van der Waals surface area contributed by atoms with Gasteiger partial charge in [0.1, 0.15) is 0 Å². The fourth-order valence-corrected chi connectivity index (χ4v) is 2.08. The third-order valence-corrected chi connectivity index (χ3v) is 3.74. The lowest BCUT2D eigenvalue weighted by Gasteiger charge is -2.26. The maximum Gasteiger partial charge on any atom is 0.339 e. The Bertz CT molecular complexity index is 490. The number of anilines is 1. The normalized spacial score (nSPS) is 14.7. The quantitative estimate of drug-likeness (QED) is 0.500. The van der Waals surface area contributed by atoms with Crippen LogP contribution in [-0.2, 0) is 4.74 Å². The molecule has 1 fully saturated rings. The third kappa shape index (κ3) is 2.53. The molecule has 7 nitrogen and oxygen atoms in total. The molecule has 0 radical (unpaired) electrons. The SMILES string of the molecule is COC(=O)c1cnc(NC2CSC2)c([N+](=O)[O-])c1. The summed E-state index contributed by atoms with van der Waals surface area (Å²) in [6, 6.07) is 1.37. The zero-order valence-corrected chi connectivity index (χ0v) is 10.4. The van der Waals surface area contributed by atoms with Crippen LogP contribution in [0.15, 0.2) is 12.3 Å². The monoisotopic (exact) mass is 269 g/mol. The molecule has 0 saturated carbocycles. The van der Waals surface area contributed by atoms with Crippen LogP contribution in [0.2, 0.25) is 0 Å². The largest absolute Gasteiger partial charge is 0.465 e. The lowest BCUT2D eigenvalue weighted by molar-refractivity contribution is -0.384. The Morgan fingerprint density at radius 3 is 2.89 bits per heavy atom. The van der Waals surface area contributed by atoms with Gasteiger partial charge in [-0.15, -0.1) is 0 Å². The predicted molar refractivity (Wildman–Crippen MR) is 67.0 cm³/mol. The molecular formula is C10H11N3O4S. The first-order chi connectivity index (χ1) is 8.61. The number of carbonyl (C=O) groups excluding carboxylic acids is 1. The molecule has 0 atom stereocenters. The summed E-state index contributed by atoms with van der Waals surface area (Å²) >= 11 is 1.76. The van der Waals surface area contributed by atoms with Crippen LogP contribution in [0.1, 0.15) is 10.4 Å². The van der Waals surface area contributed by atoms with E-state index in [-0.39, 0.29) is 23.1 Å². The van der Waals surface area contributed by atoms with Crippen LogP contribution in [0.5, 0.6) is 0 Å². The highest BCUT2D eigenvalue weighted by Crippen LogP contribution is 2.27. The number of rotatable bonds is 4. The van der Waals surface area contributed by atoms with E-state index in [0.717, 1.165) is 11.5 Å². The molecule has 0 bridgehead atoms. The summed E-state index contributed by atoms with van der Waals surface area (Å²) in [5.41, 5.74) is -0.146. The smallest absolute Gasteiger partial charge is 0.339 e. The van der Waals surface area contributed by atoms with E-state index in [2.05, 4.69) is 15.0 Å². The summed E-state index contributed by atoms with van der Waals surface area (Å²) in [6.45, 7) is 0. The number of methoxy groups -OCH3 is 1. The molecule has 1 N–H and O–H groups in total. The zero-order valence-electron chi connectivity index (χ0n) is 9.58. The number of nitro groups is 1. The van der Waals surface area contributed by atoms with Gasteiger partial charge in [-0.25, -0.2) is 9.78 Å². The molecule has 18 heavy (non-hydrogen) atoms. The summed E-state index contributed by atoms with van der Waals surface area (Å²) in [6.07, 6.45) is 1.27. The number of nitrogens with zero attached hydrogens (tertiary/aromatic N) is 2. The minimum absolute atomic E-state index is 0.0673. The van der Waals surface area contributed by atoms with E-state index in [4.69, 9.17) is 0 Å². The van der Waals surface area contributed by atoms with Gasteiger partial charge in [-0.3, -0.25) is 10.1 Å². The van der Waals surface area contributed by atoms with Crippen LogP contribution in [0, 0.1) is 10.1 Å². The second-order valence-electron chi connectivity index (χ2n) is 3.72. The van der Waals surface area contributed by atoms with E-state index in [0.29, 0.717) is 0 Å².